The number of carbonyl (C=O) groups is 2. The second-order valence-electron chi connectivity index (χ2n) is 4.20. The highest BCUT2D eigenvalue weighted by Gasteiger charge is 2.30. The van der Waals surface area contributed by atoms with E-state index in [-0.39, 0.29) is 24.3 Å². The summed E-state index contributed by atoms with van der Waals surface area (Å²) in [5, 5.41) is 2.60. The molecule has 0 bridgehead atoms. The number of likely N-dealkylation sites (N-methyl/N-ethyl adjacent to an activating group) is 1. The van der Waals surface area contributed by atoms with E-state index in [4.69, 9.17) is 4.74 Å². The number of nitrogens with one attached hydrogen (secondary N) is 1. The van der Waals surface area contributed by atoms with Gasteiger partial charge in [0.25, 0.3) is 0 Å². The van der Waals surface area contributed by atoms with Gasteiger partial charge < -0.3 is 10.1 Å². The van der Waals surface area contributed by atoms with Gasteiger partial charge in [-0.05, 0) is 28.1 Å². The Balaban J connectivity index is 2.03. The molecule has 1 aliphatic heterocycles. The minimum absolute atomic E-state index is 0.0338. The number of rotatable bonds is 4. The van der Waals surface area contributed by atoms with Crippen LogP contribution in [0.1, 0.15) is 9.67 Å². The number of nitrogens with zero attached hydrogens (tertiary/aromatic N) is 1. The van der Waals surface area contributed by atoms with Crippen LogP contribution in [-0.4, -0.2) is 56.0 Å². The maximum atomic E-state index is 12.2. The molecule has 1 atom stereocenters. The van der Waals surface area contributed by atoms with Crippen molar-refractivity contribution >= 4 is 39.0 Å². The van der Waals surface area contributed by atoms with Gasteiger partial charge in [0, 0.05) is 13.6 Å². The molecule has 0 aromatic carbocycles. The molecule has 0 radical (unpaired) electrons. The van der Waals surface area contributed by atoms with Crippen LogP contribution in [0, 0.1) is 0 Å². The van der Waals surface area contributed by atoms with Crippen LogP contribution in [0.4, 0.5) is 0 Å². The fourth-order valence-electron chi connectivity index (χ4n) is 1.96. The molecule has 1 aliphatic rings. The Morgan fingerprint density at radius 3 is 3.00 bits per heavy atom. The van der Waals surface area contributed by atoms with Crippen LogP contribution in [0.15, 0.2) is 15.9 Å². The number of ketones is 1. The molecule has 0 aliphatic carbocycles. The molecule has 0 spiro atoms. The van der Waals surface area contributed by atoms with E-state index in [1.807, 2.05) is 11.0 Å². The number of Topliss-reactive ketones (excluding diaryl/α,β-unsaturated/α-hetero) is 1. The molecule has 1 aromatic heterocycles. The Morgan fingerprint density at radius 2 is 2.37 bits per heavy atom. The largest absolute Gasteiger partial charge is 0.378 e. The van der Waals surface area contributed by atoms with E-state index in [9.17, 15) is 9.59 Å². The smallest absolute Gasteiger partial charge is 0.239 e. The van der Waals surface area contributed by atoms with Gasteiger partial charge in [-0.1, -0.05) is 0 Å². The van der Waals surface area contributed by atoms with Crippen molar-refractivity contribution in [2.24, 2.45) is 0 Å². The third-order valence-electron chi connectivity index (χ3n) is 2.98. The van der Waals surface area contributed by atoms with Gasteiger partial charge in [0.15, 0.2) is 5.78 Å². The van der Waals surface area contributed by atoms with Crippen molar-refractivity contribution < 1.29 is 14.3 Å². The third kappa shape index (κ3) is 3.62. The SMILES string of the molecule is CNC(=O)C1COCCN1CC(=O)c1ccc(Br)s1. The zero-order valence-corrected chi connectivity index (χ0v) is 12.9. The van der Waals surface area contributed by atoms with Gasteiger partial charge in [-0.15, -0.1) is 11.3 Å². The highest BCUT2D eigenvalue weighted by atomic mass is 79.9. The molecule has 2 rings (SSSR count). The second kappa shape index (κ2) is 6.60. The van der Waals surface area contributed by atoms with E-state index in [1.165, 1.54) is 11.3 Å². The normalized spacial score (nSPS) is 20.2. The summed E-state index contributed by atoms with van der Waals surface area (Å²) in [6.07, 6.45) is 0. The number of hydrogen-bond acceptors (Lipinski definition) is 5. The lowest BCUT2D eigenvalue weighted by molar-refractivity contribution is -0.131. The van der Waals surface area contributed by atoms with E-state index in [0.717, 1.165) is 3.79 Å². The predicted octanol–water partition coefficient (Wildman–Crippen LogP) is 1.14. The van der Waals surface area contributed by atoms with Crippen LogP contribution in [0.5, 0.6) is 0 Å². The zero-order valence-electron chi connectivity index (χ0n) is 10.5. The standard InChI is InChI=1S/C12H15BrN2O3S/c1-14-12(17)8-7-18-5-4-15(8)6-9(16)10-2-3-11(13)19-10/h2-3,8H,4-7H2,1H3,(H,14,17). The van der Waals surface area contributed by atoms with Crippen LogP contribution in [0.3, 0.4) is 0 Å². The van der Waals surface area contributed by atoms with E-state index >= 15 is 0 Å². The molecule has 0 saturated carbocycles. The van der Waals surface area contributed by atoms with Gasteiger partial charge in [0.2, 0.25) is 5.91 Å². The van der Waals surface area contributed by atoms with E-state index < -0.39 is 0 Å². The van der Waals surface area contributed by atoms with Crippen molar-refractivity contribution in [3.8, 4) is 0 Å². The lowest BCUT2D eigenvalue weighted by Crippen LogP contribution is -2.54. The molecule has 1 unspecified atom stereocenters. The molecule has 1 N–H and O–H groups in total. The number of thiophene rings is 1. The first-order chi connectivity index (χ1) is 9.11. The van der Waals surface area contributed by atoms with Crippen molar-refractivity contribution in [1.82, 2.24) is 10.2 Å². The van der Waals surface area contributed by atoms with Crippen molar-refractivity contribution in [3.05, 3.63) is 20.8 Å². The summed E-state index contributed by atoms with van der Waals surface area (Å²) in [5.74, 6) is -0.0774. The molecular formula is C12H15BrN2O3S. The summed E-state index contributed by atoms with van der Waals surface area (Å²) in [5.41, 5.74) is 0. The first-order valence-electron chi connectivity index (χ1n) is 5.93. The molecule has 1 fully saturated rings. The second-order valence-corrected chi connectivity index (χ2v) is 6.67. The number of amides is 1. The van der Waals surface area contributed by atoms with Crippen molar-refractivity contribution in [2.75, 3.05) is 33.4 Å². The average molecular weight is 347 g/mol. The van der Waals surface area contributed by atoms with Crippen molar-refractivity contribution in [3.63, 3.8) is 0 Å². The summed E-state index contributed by atoms with van der Waals surface area (Å²) in [7, 11) is 1.59. The molecule has 1 amide bonds. The number of carbonyl (C=O) groups excluding carboxylic acids is 2. The predicted molar refractivity (Wildman–Crippen MR) is 76.6 cm³/mol. The van der Waals surface area contributed by atoms with Gasteiger partial charge in [-0.25, -0.2) is 0 Å². The van der Waals surface area contributed by atoms with Crippen LogP contribution < -0.4 is 5.32 Å². The third-order valence-corrected chi connectivity index (χ3v) is 4.65. The summed E-state index contributed by atoms with van der Waals surface area (Å²) in [6, 6.07) is 3.27. The molecule has 7 heteroatoms. The molecule has 5 nitrogen and oxygen atoms in total. The Labute approximate surface area is 124 Å². The summed E-state index contributed by atoms with van der Waals surface area (Å²) in [4.78, 5) is 26.5. The van der Waals surface area contributed by atoms with Crippen LogP contribution >= 0.6 is 27.3 Å². The van der Waals surface area contributed by atoms with E-state index in [1.54, 1.807) is 13.1 Å². The van der Waals surface area contributed by atoms with Crippen LogP contribution in [0.25, 0.3) is 0 Å². The number of ether oxygens (including phenoxy) is 1. The fourth-order valence-corrected chi connectivity index (χ4v) is 3.28. The van der Waals surface area contributed by atoms with Gasteiger partial charge in [0.1, 0.15) is 6.04 Å². The van der Waals surface area contributed by atoms with Gasteiger partial charge >= 0.3 is 0 Å². The van der Waals surface area contributed by atoms with Crippen molar-refractivity contribution in [1.29, 1.82) is 0 Å². The first kappa shape index (κ1) is 14.6. The molecule has 1 aromatic rings. The quantitative estimate of drug-likeness (QED) is 0.830. The minimum atomic E-state index is -0.383. The topological polar surface area (TPSA) is 58.6 Å². The summed E-state index contributed by atoms with van der Waals surface area (Å²) in [6.45, 7) is 1.72. The molecule has 19 heavy (non-hydrogen) atoms. The zero-order chi connectivity index (χ0) is 13.8. The highest BCUT2D eigenvalue weighted by molar-refractivity contribution is 9.11. The minimum Gasteiger partial charge on any atom is -0.378 e. The molecule has 2 heterocycles. The van der Waals surface area contributed by atoms with E-state index in [2.05, 4.69) is 21.2 Å². The fraction of sp³-hybridized carbons (Fsp3) is 0.500. The van der Waals surface area contributed by atoms with Crippen LogP contribution in [0.2, 0.25) is 0 Å². The first-order valence-corrected chi connectivity index (χ1v) is 7.54. The highest BCUT2D eigenvalue weighted by Crippen LogP contribution is 2.23. The Morgan fingerprint density at radius 1 is 1.58 bits per heavy atom. The monoisotopic (exact) mass is 346 g/mol. The lowest BCUT2D eigenvalue weighted by atomic mass is 10.2. The number of hydrogen-bond donors (Lipinski definition) is 1. The Hall–Kier alpha value is -0.760. The molecule has 1 saturated heterocycles. The molecule has 104 valence electrons. The Kier molecular flexibility index (Phi) is 5.09. The van der Waals surface area contributed by atoms with E-state index in [0.29, 0.717) is 24.6 Å². The van der Waals surface area contributed by atoms with Gasteiger partial charge in [-0.2, -0.15) is 0 Å². The van der Waals surface area contributed by atoms with Gasteiger partial charge in [-0.3, -0.25) is 14.5 Å². The number of halogens is 1. The maximum absolute atomic E-state index is 12.2. The average Bonchev–Trinajstić information content (AvgIpc) is 2.85. The van der Waals surface area contributed by atoms with Crippen LogP contribution in [-0.2, 0) is 9.53 Å². The lowest BCUT2D eigenvalue weighted by Gasteiger charge is -2.33. The Bertz CT molecular complexity index is 477. The number of morpholine rings is 1. The summed E-state index contributed by atoms with van der Waals surface area (Å²) >= 11 is 4.75. The summed E-state index contributed by atoms with van der Waals surface area (Å²) < 4.78 is 6.24. The van der Waals surface area contributed by atoms with Gasteiger partial charge in [0.05, 0.1) is 28.4 Å². The maximum Gasteiger partial charge on any atom is 0.239 e. The molecular weight excluding hydrogens is 332 g/mol. The van der Waals surface area contributed by atoms with Crippen molar-refractivity contribution in [2.45, 2.75) is 6.04 Å².